The van der Waals surface area contributed by atoms with Crippen molar-refractivity contribution < 1.29 is 9.90 Å². The molecule has 0 atom stereocenters. The van der Waals surface area contributed by atoms with Gasteiger partial charge in [-0.15, -0.1) is 0 Å². The molecule has 1 saturated heterocycles. The molecule has 1 N–H and O–H groups in total. The molecule has 0 aliphatic carbocycles. The molecule has 0 radical (unpaired) electrons. The van der Waals surface area contributed by atoms with Gasteiger partial charge in [0.05, 0.1) is 5.69 Å². The van der Waals surface area contributed by atoms with Crippen LogP contribution < -0.4 is 0 Å². The molecule has 2 rings (SSSR count). The number of nitrogens with zero attached hydrogens (tertiary/aromatic N) is 4. The smallest absolute Gasteiger partial charge is 0.356 e. The second-order valence-corrected chi connectivity index (χ2v) is 5.48. The Kier molecular flexibility index (Phi) is 5.14. The third-order valence-corrected chi connectivity index (χ3v) is 3.79. The van der Waals surface area contributed by atoms with Crippen LogP contribution in [-0.4, -0.2) is 63.9 Å². The van der Waals surface area contributed by atoms with E-state index in [0.29, 0.717) is 0 Å². The van der Waals surface area contributed by atoms with E-state index in [-0.39, 0.29) is 5.69 Å². The number of rotatable bonds is 6. The van der Waals surface area contributed by atoms with Gasteiger partial charge in [-0.05, 0) is 19.5 Å². The van der Waals surface area contributed by atoms with Crippen LogP contribution in [0.4, 0.5) is 0 Å². The largest absolute Gasteiger partial charge is 0.476 e. The number of hydrogen-bond donors (Lipinski definition) is 1. The highest BCUT2D eigenvalue weighted by molar-refractivity contribution is 5.85. The van der Waals surface area contributed by atoms with E-state index in [2.05, 4.69) is 28.9 Å². The quantitative estimate of drug-likeness (QED) is 0.846. The number of aromatic carboxylic acids is 1. The topological polar surface area (TPSA) is 61.6 Å². The predicted molar refractivity (Wildman–Crippen MR) is 76.9 cm³/mol. The maximum atomic E-state index is 11.1. The Hall–Kier alpha value is -1.40. The monoisotopic (exact) mass is 280 g/mol. The Morgan fingerprint density at radius 2 is 2.05 bits per heavy atom. The van der Waals surface area contributed by atoms with Crippen molar-refractivity contribution in [3.63, 3.8) is 0 Å². The van der Waals surface area contributed by atoms with E-state index in [9.17, 15) is 4.79 Å². The Morgan fingerprint density at radius 1 is 1.35 bits per heavy atom. The van der Waals surface area contributed by atoms with E-state index in [1.807, 2.05) is 4.68 Å². The SMILES string of the molecule is CCCCn1nc(C(=O)O)cc1CN1CCN(C)CC1. The van der Waals surface area contributed by atoms with Crippen molar-refractivity contribution in [2.45, 2.75) is 32.9 Å². The zero-order valence-electron chi connectivity index (χ0n) is 12.4. The number of carboxylic acids is 1. The van der Waals surface area contributed by atoms with E-state index in [1.54, 1.807) is 6.07 Å². The first-order valence-corrected chi connectivity index (χ1v) is 7.31. The van der Waals surface area contributed by atoms with Gasteiger partial charge in [-0.1, -0.05) is 13.3 Å². The number of unbranched alkanes of at least 4 members (excludes halogenated alkanes) is 1. The minimum Gasteiger partial charge on any atom is -0.476 e. The minimum atomic E-state index is -0.945. The fraction of sp³-hybridized carbons (Fsp3) is 0.714. The summed E-state index contributed by atoms with van der Waals surface area (Å²) in [4.78, 5) is 15.8. The third-order valence-electron chi connectivity index (χ3n) is 3.79. The summed E-state index contributed by atoms with van der Waals surface area (Å²) < 4.78 is 1.87. The molecule has 0 aromatic carbocycles. The molecule has 0 bridgehead atoms. The van der Waals surface area contributed by atoms with Gasteiger partial charge in [0.2, 0.25) is 0 Å². The highest BCUT2D eigenvalue weighted by Crippen LogP contribution is 2.11. The average molecular weight is 280 g/mol. The number of hydrogen-bond acceptors (Lipinski definition) is 4. The molecular formula is C14H24N4O2. The molecule has 6 nitrogen and oxygen atoms in total. The second kappa shape index (κ2) is 6.85. The first-order chi connectivity index (χ1) is 9.60. The number of carboxylic acid groups (broad SMARTS) is 1. The van der Waals surface area contributed by atoms with Gasteiger partial charge in [0.25, 0.3) is 0 Å². The summed E-state index contributed by atoms with van der Waals surface area (Å²) in [7, 11) is 2.13. The lowest BCUT2D eigenvalue weighted by atomic mass is 10.2. The van der Waals surface area contributed by atoms with Gasteiger partial charge in [-0.3, -0.25) is 9.58 Å². The number of likely N-dealkylation sites (N-methyl/N-ethyl adjacent to an activating group) is 1. The van der Waals surface area contributed by atoms with Gasteiger partial charge in [0.1, 0.15) is 0 Å². The summed E-state index contributed by atoms with van der Waals surface area (Å²) in [5, 5.41) is 13.3. The predicted octanol–water partition coefficient (Wildman–Crippen LogP) is 1.13. The van der Waals surface area contributed by atoms with Gasteiger partial charge < -0.3 is 10.0 Å². The molecule has 0 unspecified atom stereocenters. The van der Waals surface area contributed by atoms with E-state index < -0.39 is 5.97 Å². The standard InChI is InChI=1S/C14H24N4O2/c1-3-4-5-18-12(10-13(15-18)14(19)20)11-17-8-6-16(2)7-9-17/h10H,3-9,11H2,1-2H3,(H,19,20). The van der Waals surface area contributed by atoms with Crippen molar-refractivity contribution in [3.05, 3.63) is 17.5 Å². The Morgan fingerprint density at radius 3 is 2.65 bits per heavy atom. The van der Waals surface area contributed by atoms with Crippen molar-refractivity contribution in [2.75, 3.05) is 33.2 Å². The first-order valence-electron chi connectivity index (χ1n) is 7.31. The van der Waals surface area contributed by atoms with E-state index in [0.717, 1.165) is 57.8 Å². The molecule has 20 heavy (non-hydrogen) atoms. The zero-order valence-corrected chi connectivity index (χ0v) is 12.4. The molecule has 1 fully saturated rings. The van der Waals surface area contributed by atoms with E-state index in [1.165, 1.54) is 0 Å². The van der Waals surface area contributed by atoms with Crippen LogP contribution in [0.5, 0.6) is 0 Å². The molecule has 1 aliphatic heterocycles. The Balaban J connectivity index is 2.06. The summed E-state index contributed by atoms with van der Waals surface area (Å²) >= 11 is 0. The average Bonchev–Trinajstić information content (AvgIpc) is 2.82. The highest BCUT2D eigenvalue weighted by Gasteiger charge is 2.18. The van der Waals surface area contributed by atoms with Crippen molar-refractivity contribution in [3.8, 4) is 0 Å². The van der Waals surface area contributed by atoms with Gasteiger partial charge >= 0.3 is 5.97 Å². The van der Waals surface area contributed by atoms with Crippen molar-refractivity contribution >= 4 is 5.97 Å². The van der Waals surface area contributed by atoms with Crippen LogP contribution in [0, 0.1) is 0 Å². The molecule has 1 aliphatic rings. The van der Waals surface area contributed by atoms with E-state index in [4.69, 9.17) is 5.11 Å². The Labute approximate surface area is 120 Å². The van der Waals surface area contributed by atoms with Crippen LogP contribution in [0.25, 0.3) is 0 Å². The normalized spacial score (nSPS) is 17.5. The lowest BCUT2D eigenvalue weighted by molar-refractivity contribution is 0.0689. The van der Waals surface area contributed by atoms with Crippen molar-refractivity contribution in [1.82, 2.24) is 19.6 Å². The number of carbonyl (C=O) groups is 1. The van der Waals surface area contributed by atoms with Crippen LogP contribution in [0.1, 0.15) is 35.9 Å². The number of piperazine rings is 1. The lowest BCUT2D eigenvalue weighted by Crippen LogP contribution is -2.44. The first kappa shape index (κ1) is 15.0. The summed E-state index contributed by atoms with van der Waals surface area (Å²) in [6.07, 6.45) is 2.10. The minimum absolute atomic E-state index is 0.158. The fourth-order valence-electron chi connectivity index (χ4n) is 2.42. The lowest BCUT2D eigenvalue weighted by Gasteiger charge is -2.32. The molecule has 0 saturated carbocycles. The van der Waals surface area contributed by atoms with Gasteiger partial charge in [0.15, 0.2) is 5.69 Å². The van der Waals surface area contributed by atoms with Crippen LogP contribution in [0.2, 0.25) is 0 Å². The number of aryl methyl sites for hydroxylation is 1. The van der Waals surface area contributed by atoms with Crippen molar-refractivity contribution in [1.29, 1.82) is 0 Å². The van der Waals surface area contributed by atoms with Crippen LogP contribution in [-0.2, 0) is 13.1 Å². The van der Waals surface area contributed by atoms with Gasteiger partial charge in [0, 0.05) is 39.3 Å². The number of aromatic nitrogens is 2. The molecule has 112 valence electrons. The van der Waals surface area contributed by atoms with Crippen LogP contribution in [0.3, 0.4) is 0 Å². The van der Waals surface area contributed by atoms with E-state index >= 15 is 0 Å². The summed E-state index contributed by atoms with van der Waals surface area (Å²) in [5.74, 6) is -0.945. The summed E-state index contributed by atoms with van der Waals surface area (Å²) in [5.41, 5.74) is 1.17. The fourth-order valence-corrected chi connectivity index (χ4v) is 2.42. The molecule has 0 spiro atoms. The molecule has 2 heterocycles. The molecule has 0 amide bonds. The van der Waals surface area contributed by atoms with Crippen molar-refractivity contribution in [2.24, 2.45) is 0 Å². The molecule has 1 aromatic heterocycles. The summed E-state index contributed by atoms with van der Waals surface area (Å²) in [6.45, 7) is 7.89. The maximum absolute atomic E-state index is 11.1. The Bertz CT molecular complexity index is 450. The van der Waals surface area contributed by atoms with Crippen LogP contribution in [0.15, 0.2) is 6.07 Å². The highest BCUT2D eigenvalue weighted by atomic mass is 16.4. The zero-order chi connectivity index (χ0) is 14.5. The maximum Gasteiger partial charge on any atom is 0.356 e. The summed E-state index contributed by atoms with van der Waals surface area (Å²) in [6, 6.07) is 1.72. The molecule has 6 heteroatoms. The third kappa shape index (κ3) is 3.80. The second-order valence-electron chi connectivity index (χ2n) is 5.48. The van der Waals surface area contributed by atoms with Gasteiger partial charge in [-0.2, -0.15) is 5.10 Å². The van der Waals surface area contributed by atoms with Crippen LogP contribution >= 0.6 is 0 Å². The van der Waals surface area contributed by atoms with Gasteiger partial charge in [-0.25, -0.2) is 4.79 Å². The molecule has 1 aromatic rings. The molecular weight excluding hydrogens is 256 g/mol.